The number of pyridine rings is 1. The Morgan fingerprint density at radius 3 is 2.29 bits per heavy atom. The van der Waals surface area contributed by atoms with Gasteiger partial charge in [0.2, 0.25) is 0 Å². The SMILES string of the molecule is Cc1ccc(S(=O)(=O)n2cc(C)c3ccc(C(=O)Nc4c(Cl)cncc4Cl)cc32)cc1. The molecule has 4 aromatic rings. The molecule has 2 aromatic carbocycles. The van der Waals surface area contributed by atoms with Gasteiger partial charge < -0.3 is 5.32 Å². The molecule has 0 bridgehead atoms. The quantitative estimate of drug-likeness (QED) is 0.427. The number of hydrogen-bond acceptors (Lipinski definition) is 4. The van der Waals surface area contributed by atoms with Crippen LogP contribution in [0.5, 0.6) is 0 Å². The predicted molar refractivity (Wildman–Crippen MR) is 123 cm³/mol. The van der Waals surface area contributed by atoms with E-state index in [1.54, 1.807) is 42.6 Å². The van der Waals surface area contributed by atoms with Gasteiger partial charge >= 0.3 is 0 Å². The standard InChI is InChI=1S/C22H17Cl2N3O3S/c1-13-3-6-16(7-4-13)31(29,30)27-12-14(2)17-8-5-15(9-20(17)27)22(28)26-21-18(23)10-25-11-19(21)24/h3-12H,1-2H3,(H,25,26,28). The molecule has 6 nitrogen and oxygen atoms in total. The van der Waals surface area contributed by atoms with Gasteiger partial charge in [-0.2, -0.15) is 0 Å². The number of carbonyl (C=O) groups excluding carboxylic acids is 1. The number of aryl methyl sites for hydroxylation is 2. The van der Waals surface area contributed by atoms with Crippen LogP contribution in [0, 0.1) is 13.8 Å². The summed E-state index contributed by atoms with van der Waals surface area (Å²) in [6.45, 7) is 3.71. The largest absolute Gasteiger partial charge is 0.319 e. The third-order valence-electron chi connectivity index (χ3n) is 4.90. The first-order valence-corrected chi connectivity index (χ1v) is 11.4. The zero-order valence-corrected chi connectivity index (χ0v) is 18.9. The second kappa shape index (κ2) is 8.00. The van der Waals surface area contributed by atoms with Crippen LogP contribution in [0.25, 0.3) is 10.9 Å². The van der Waals surface area contributed by atoms with Gasteiger partial charge in [0.1, 0.15) is 0 Å². The number of hydrogen-bond donors (Lipinski definition) is 1. The molecule has 4 rings (SSSR count). The van der Waals surface area contributed by atoms with Crippen molar-refractivity contribution in [2.45, 2.75) is 18.7 Å². The van der Waals surface area contributed by atoms with Gasteiger partial charge in [-0.3, -0.25) is 9.78 Å². The van der Waals surface area contributed by atoms with Gasteiger partial charge in [-0.1, -0.05) is 47.0 Å². The molecular weight excluding hydrogens is 457 g/mol. The molecule has 0 fully saturated rings. The summed E-state index contributed by atoms with van der Waals surface area (Å²) in [5.74, 6) is -0.477. The Labute approximate surface area is 189 Å². The molecule has 158 valence electrons. The molecule has 2 aromatic heterocycles. The average Bonchev–Trinajstić information content (AvgIpc) is 3.08. The van der Waals surface area contributed by atoms with Crippen molar-refractivity contribution in [3.05, 3.63) is 87.8 Å². The maximum absolute atomic E-state index is 13.3. The minimum Gasteiger partial charge on any atom is -0.319 e. The highest BCUT2D eigenvalue weighted by Gasteiger charge is 2.21. The molecule has 0 aliphatic heterocycles. The van der Waals surface area contributed by atoms with Crippen LogP contribution >= 0.6 is 23.2 Å². The highest BCUT2D eigenvalue weighted by Crippen LogP contribution is 2.30. The van der Waals surface area contributed by atoms with E-state index in [1.165, 1.54) is 22.4 Å². The lowest BCUT2D eigenvalue weighted by molar-refractivity contribution is 0.102. The molecule has 0 aliphatic carbocycles. The Bertz CT molecular complexity index is 1410. The van der Waals surface area contributed by atoms with Gasteiger partial charge in [0.25, 0.3) is 15.9 Å². The van der Waals surface area contributed by atoms with E-state index >= 15 is 0 Å². The summed E-state index contributed by atoms with van der Waals surface area (Å²) in [6.07, 6.45) is 4.29. The lowest BCUT2D eigenvalue weighted by Crippen LogP contribution is -2.14. The van der Waals surface area contributed by atoms with Gasteiger partial charge in [0.05, 0.1) is 26.1 Å². The van der Waals surface area contributed by atoms with E-state index < -0.39 is 15.9 Å². The minimum absolute atomic E-state index is 0.167. The molecule has 0 unspecified atom stereocenters. The van der Waals surface area contributed by atoms with Gasteiger partial charge in [-0.25, -0.2) is 12.4 Å². The topological polar surface area (TPSA) is 81.1 Å². The maximum Gasteiger partial charge on any atom is 0.268 e. The van der Waals surface area contributed by atoms with E-state index in [0.29, 0.717) is 5.52 Å². The Balaban J connectivity index is 1.79. The minimum atomic E-state index is -3.84. The van der Waals surface area contributed by atoms with Crippen molar-refractivity contribution in [3.8, 4) is 0 Å². The average molecular weight is 474 g/mol. The zero-order valence-electron chi connectivity index (χ0n) is 16.6. The van der Waals surface area contributed by atoms with E-state index in [0.717, 1.165) is 16.5 Å². The summed E-state index contributed by atoms with van der Waals surface area (Å²) in [5.41, 5.74) is 2.63. The Morgan fingerprint density at radius 2 is 1.65 bits per heavy atom. The first-order chi connectivity index (χ1) is 14.7. The van der Waals surface area contributed by atoms with Crippen LogP contribution in [-0.4, -0.2) is 23.3 Å². The van der Waals surface area contributed by atoms with E-state index in [9.17, 15) is 13.2 Å². The third-order valence-corrected chi connectivity index (χ3v) is 7.16. The van der Waals surface area contributed by atoms with Crippen LogP contribution in [0.3, 0.4) is 0 Å². The lowest BCUT2D eigenvalue weighted by Gasteiger charge is -2.10. The van der Waals surface area contributed by atoms with Crippen LogP contribution in [-0.2, 0) is 10.0 Å². The van der Waals surface area contributed by atoms with E-state index in [4.69, 9.17) is 23.2 Å². The number of amides is 1. The number of fused-ring (bicyclic) bond motifs is 1. The first-order valence-electron chi connectivity index (χ1n) is 9.23. The summed E-state index contributed by atoms with van der Waals surface area (Å²) in [7, 11) is -3.84. The van der Waals surface area contributed by atoms with Gasteiger partial charge in [0.15, 0.2) is 0 Å². The van der Waals surface area contributed by atoms with Crippen molar-refractivity contribution < 1.29 is 13.2 Å². The monoisotopic (exact) mass is 473 g/mol. The highest BCUT2D eigenvalue weighted by molar-refractivity contribution is 7.90. The number of carbonyl (C=O) groups is 1. The van der Waals surface area contributed by atoms with Crippen molar-refractivity contribution in [1.82, 2.24) is 8.96 Å². The number of aromatic nitrogens is 2. The summed E-state index contributed by atoms with van der Waals surface area (Å²) >= 11 is 12.2. The Kier molecular flexibility index (Phi) is 5.51. The summed E-state index contributed by atoms with van der Waals surface area (Å²) in [4.78, 5) is 16.9. The molecular formula is C22H17Cl2N3O3S. The number of nitrogens with zero attached hydrogens (tertiary/aromatic N) is 2. The van der Waals surface area contributed by atoms with Crippen LogP contribution in [0.2, 0.25) is 10.0 Å². The molecule has 1 N–H and O–H groups in total. The summed E-state index contributed by atoms with van der Waals surface area (Å²) < 4.78 is 27.7. The van der Waals surface area contributed by atoms with Crippen LogP contribution in [0.4, 0.5) is 5.69 Å². The molecule has 0 spiro atoms. The molecule has 0 saturated heterocycles. The third kappa shape index (κ3) is 3.92. The fraction of sp³-hybridized carbons (Fsp3) is 0.0909. The zero-order chi connectivity index (χ0) is 22.3. The number of halogens is 2. The van der Waals surface area contributed by atoms with Crippen molar-refractivity contribution in [3.63, 3.8) is 0 Å². The predicted octanol–water partition coefficient (Wildman–Crippen LogP) is 5.45. The van der Waals surface area contributed by atoms with Gasteiger partial charge in [0, 0.05) is 29.5 Å². The van der Waals surface area contributed by atoms with E-state index in [-0.39, 0.29) is 26.2 Å². The normalized spacial score (nSPS) is 11.6. The second-order valence-electron chi connectivity index (χ2n) is 7.09. The number of rotatable bonds is 4. The molecule has 1 amide bonds. The van der Waals surface area contributed by atoms with Crippen LogP contribution in [0.1, 0.15) is 21.5 Å². The smallest absolute Gasteiger partial charge is 0.268 e. The molecule has 0 atom stereocenters. The fourth-order valence-corrected chi connectivity index (χ4v) is 5.12. The molecule has 31 heavy (non-hydrogen) atoms. The van der Waals surface area contributed by atoms with Crippen LogP contribution in [0.15, 0.2) is 66.0 Å². The number of nitrogens with one attached hydrogen (secondary N) is 1. The van der Waals surface area contributed by atoms with E-state index in [2.05, 4.69) is 10.3 Å². The molecule has 2 heterocycles. The fourth-order valence-electron chi connectivity index (χ4n) is 3.24. The van der Waals surface area contributed by atoms with Gasteiger partial charge in [-0.15, -0.1) is 0 Å². The van der Waals surface area contributed by atoms with Crippen molar-refractivity contribution in [2.75, 3.05) is 5.32 Å². The van der Waals surface area contributed by atoms with Crippen molar-refractivity contribution >= 4 is 55.7 Å². The highest BCUT2D eigenvalue weighted by atomic mass is 35.5. The molecule has 0 aliphatic rings. The van der Waals surface area contributed by atoms with E-state index in [1.807, 2.05) is 13.8 Å². The van der Waals surface area contributed by atoms with Crippen LogP contribution < -0.4 is 5.32 Å². The number of benzene rings is 2. The Hall–Kier alpha value is -2.87. The first kappa shape index (κ1) is 21.4. The molecule has 0 radical (unpaired) electrons. The molecule has 0 saturated carbocycles. The second-order valence-corrected chi connectivity index (χ2v) is 9.72. The molecule has 9 heteroatoms. The Morgan fingerprint density at radius 1 is 1.00 bits per heavy atom. The van der Waals surface area contributed by atoms with Gasteiger partial charge in [-0.05, 0) is 43.7 Å². The van der Waals surface area contributed by atoms with Crippen molar-refractivity contribution in [2.24, 2.45) is 0 Å². The maximum atomic E-state index is 13.3. The number of anilines is 1. The summed E-state index contributed by atoms with van der Waals surface area (Å²) in [5, 5.41) is 3.78. The lowest BCUT2D eigenvalue weighted by atomic mass is 10.1. The van der Waals surface area contributed by atoms with Crippen molar-refractivity contribution in [1.29, 1.82) is 0 Å². The summed E-state index contributed by atoms with van der Waals surface area (Å²) in [6, 6.07) is 11.5.